The Balaban J connectivity index is 2.11. The molecular formula is C17H18Cl3NO. The molecule has 2 aromatic rings. The van der Waals surface area contributed by atoms with Crippen LogP contribution in [0, 0.1) is 6.92 Å². The van der Waals surface area contributed by atoms with E-state index in [0.717, 1.165) is 21.8 Å². The number of benzene rings is 2. The molecule has 2 rings (SSSR count). The SMILES string of the molecule is Cc1ccc(NCc2cc(Cl)c(OC(C)C)c(Cl)c2)cc1Cl. The van der Waals surface area contributed by atoms with Gasteiger partial charge >= 0.3 is 0 Å². The minimum absolute atomic E-state index is 0.0219. The number of nitrogens with one attached hydrogen (secondary N) is 1. The van der Waals surface area contributed by atoms with Crippen LogP contribution in [0.15, 0.2) is 30.3 Å². The summed E-state index contributed by atoms with van der Waals surface area (Å²) in [4.78, 5) is 0. The number of hydrogen-bond donors (Lipinski definition) is 1. The maximum Gasteiger partial charge on any atom is 0.156 e. The fraction of sp³-hybridized carbons (Fsp3) is 0.294. The van der Waals surface area contributed by atoms with Gasteiger partial charge in [-0.15, -0.1) is 0 Å². The van der Waals surface area contributed by atoms with Crippen LogP contribution in [0.1, 0.15) is 25.0 Å². The van der Waals surface area contributed by atoms with E-state index in [1.54, 1.807) is 0 Å². The second kappa shape index (κ2) is 7.45. The standard InChI is InChI=1S/C17H18Cl3NO/c1-10(2)22-17-15(19)6-12(7-16(17)20)9-21-13-5-4-11(3)14(18)8-13/h4-8,10,21H,9H2,1-3H3. The Morgan fingerprint density at radius 2 is 1.64 bits per heavy atom. The van der Waals surface area contributed by atoms with Gasteiger partial charge < -0.3 is 10.1 Å². The molecule has 0 bridgehead atoms. The van der Waals surface area contributed by atoms with Gasteiger partial charge in [-0.3, -0.25) is 0 Å². The van der Waals surface area contributed by atoms with Crippen LogP contribution in [0.3, 0.4) is 0 Å². The fourth-order valence-corrected chi connectivity index (χ4v) is 2.77. The summed E-state index contributed by atoms with van der Waals surface area (Å²) in [5.41, 5.74) is 2.97. The van der Waals surface area contributed by atoms with Crippen molar-refractivity contribution in [2.45, 2.75) is 33.4 Å². The molecular weight excluding hydrogens is 341 g/mol. The summed E-state index contributed by atoms with van der Waals surface area (Å²) in [6.07, 6.45) is 0.0219. The summed E-state index contributed by atoms with van der Waals surface area (Å²) in [5.74, 6) is 0.528. The zero-order valence-corrected chi connectivity index (χ0v) is 15.0. The van der Waals surface area contributed by atoms with Crippen LogP contribution in [0.4, 0.5) is 5.69 Å². The lowest BCUT2D eigenvalue weighted by Gasteiger charge is -2.15. The van der Waals surface area contributed by atoms with Crippen LogP contribution in [0.2, 0.25) is 15.1 Å². The van der Waals surface area contributed by atoms with Gasteiger partial charge in [0.15, 0.2) is 5.75 Å². The minimum atomic E-state index is 0.0219. The van der Waals surface area contributed by atoms with Crippen LogP contribution < -0.4 is 10.1 Å². The Bertz CT molecular complexity index is 648. The summed E-state index contributed by atoms with van der Waals surface area (Å²) in [7, 11) is 0. The Kier molecular flexibility index (Phi) is 5.85. The lowest BCUT2D eigenvalue weighted by molar-refractivity contribution is 0.242. The zero-order valence-electron chi connectivity index (χ0n) is 12.7. The van der Waals surface area contributed by atoms with Crippen molar-refractivity contribution in [3.63, 3.8) is 0 Å². The molecule has 0 unspecified atom stereocenters. The quantitative estimate of drug-likeness (QED) is 0.672. The van der Waals surface area contributed by atoms with Crippen molar-refractivity contribution in [3.05, 3.63) is 56.5 Å². The first-order chi connectivity index (χ1) is 10.4. The van der Waals surface area contributed by atoms with Gasteiger partial charge in [-0.2, -0.15) is 0 Å². The Morgan fingerprint density at radius 3 is 2.18 bits per heavy atom. The number of ether oxygens (including phenoxy) is 1. The van der Waals surface area contributed by atoms with Crippen LogP contribution in [0.25, 0.3) is 0 Å². The fourth-order valence-electron chi connectivity index (χ4n) is 1.97. The molecule has 0 saturated heterocycles. The van der Waals surface area contributed by atoms with Crippen LogP contribution in [-0.4, -0.2) is 6.10 Å². The topological polar surface area (TPSA) is 21.3 Å². The molecule has 0 spiro atoms. The molecule has 22 heavy (non-hydrogen) atoms. The molecule has 0 aliphatic rings. The van der Waals surface area contributed by atoms with E-state index in [0.29, 0.717) is 22.3 Å². The van der Waals surface area contributed by atoms with E-state index < -0.39 is 0 Å². The molecule has 0 heterocycles. The third kappa shape index (κ3) is 4.45. The van der Waals surface area contributed by atoms with E-state index >= 15 is 0 Å². The maximum absolute atomic E-state index is 6.25. The largest absolute Gasteiger partial charge is 0.488 e. The first kappa shape index (κ1) is 17.3. The van der Waals surface area contributed by atoms with Crippen molar-refractivity contribution >= 4 is 40.5 Å². The minimum Gasteiger partial charge on any atom is -0.488 e. The molecule has 0 aliphatic carbocycles. The molecule has 0 fully saturated rings. The van der Waals surface area contributed by atoms with E-state index in [-0.39, 0.29) is 6.10 Å². The smallest absolute Gasteiger partial charge is 0.156 e. The van der Waals surface area contributed by atoms with Gasteiger partial charge in [0.2, 0.25) is 0 Å². The number of hydrogen-bond acceptors (Lipinski definition) is 2. The average Bonchev–Trinajstić information content (AvgIpc) is 2.44. The summed E-state index contributed by atoms with van der Waals surface area (Å²) < 4.78 is 5.62. The van der Waals surface area contributed by atoms with Gasteiger partial charge in [0.1, 0.15) is 0 Å². The number of anilines is 1. The first-order valence-electron chi connectivity index (χ1n) is 7.01. The van der Waals surface area contributed by atoms with Crippen molar-refractivity contribution < 1.29 is 4.74 Å². The second-order valence-electron chi connectivity index (χ2n) is 5.37. The summed E-state index contributed by atoms with van der Waals surface area (Å²) in [5, 5.41) is 5.07. The molecule has 0 aromatic heterocycles. The van der Waals surface area contributed by atoms with Crippen molar-refractivity contribution in [2.75, 3.05) is 5.32 Å². The summed E-state index contributed by atoms with van der Waals surface area (Å²) >= 11 is 18.6. The highest BCUT2D eigenvalue weighted by Gasteiger charge is 2.11. The molecule has 0 amide bonds. The third-order valence-corrected chi connectivity index (χ3v) is 4.05. The Labute approximate surface area is 146 Å². The third-order valence-electron chi connectivity index (χ3n) is 3.08. The van der Waals surface area contributed by atoms with E-state index in [1.807, 2.05) is 51.1 Å². The lowest BCUT2D eigenvalue weighted by Crippen LogP contribution is -2.07. The van der Waals surface area contributed by atoms with Gasteiger partial charge in [-0.25, -0.2) is 0 Å². The number of rotatable bonds is 5. The van der Waals surface area contributed by atoms with E-state index in [9.17, 15) is 0 Å². The summed E-state index contributed by atoms with van der Waals surface area (Å²) in [6, 6.07) is 9.57. The highest BCUT2D eigenvalue weighted by atomic mass is 35.5. The molecule has 1 N–H and O–H groups in total. The monoisotopic (exact) mass is 357 g/mol. The first-order valence-corrected chi connectivity index (χ1v) is 8.15. The predicted molar refractivity (Wildman–Crippen MR) is 95.7 cm³/mol. The van der Waals surface area contributed by atoms with Crippen LogP contribution in [-0.2, 0) is 6.54 Å². The van der Waals surface area contributed by atoms with Crippen LogP contribution in [0.5, 0.6) is 5.75 Å². The van der Waals surface area contributed by atoms with Gasteiger partial charge in [-0.1, -0.05) is 40.9 Å². The van der Waals surface area contributed by atoms with Gasteiger partial charge in [-0.05, 0) is 56.2 Å². The van der Waals surface area contributed by atoms with Crippen molar-refractivity contribution in [3.8, 4) is 5.75 Å². The average molecular weight is 359 g/mol. The van der Waals surface area contributed by atoms with Gasteiger partial charge in [0.05, 0.1) is 16.1 Å². The van der Waals surface area contributed by atoms with Crippen molar-refractivity contribution in [2.24, 2.45) is 0 Å². The highest BCUT2D eigenvalue weighted by molar-refractivity contribution is 6.37. The van der Waals surface area contributed by atoms with Crippen LogP contribution >= 0.6 is 34.8 Å². The molecule has 0 radical (unpaired) electrons. The van der Waals surface area contributed by atoms with E-state index in [4.69, 9.17) is 39.5 Å². The molecule has 5 heteroatoms. The normalized spacial score (nSPS) is 10.9. The predicted octanol–water partition coefficient (Wildman–Crippen LogP) is 6.35. The highest BCUT2D eigenvalue weighted by Crippen LogP contribution is 2.35. The second-order valence-corrected chi connectivity index (χ2v) is 6.59. The molecule has 2 nitrogen and oxygen atoms in total. The van der Waals surface area contributed by atoms with E-state index in [2.05, 4.69) is 5.32 Å². The molecule has 0 saturated carbocycles. The van der Waals surface area contributed by atoms with Crippen molar-refractivity contribution in [1.82, 2.24) is 0 Å². The Hall–Kier alpha value is -1.09. The lowest BCUT2D eigenvalue weighted by atomic mass is 10.2. The summed E-state index contributed by atoms with van der Waals surface area (Å²) in [6.45, 7) is 6.44. The molecule has 0 aliphatic heterocycles. The zero-order chi connectivity index (χ0) is 16.3. The molecule has 2 aromatic carbocycles. The maximum atomic E-state index is 6.25. The number of aryl methyl sites for hydroxylation is 1. The van der Waals surface area contributed by atoms with E-state index in [1.165, 1.54) is 0 Å². The molecule has 0 atom stereocenters. The van der Waals surface area contributed by atoms with Gasteiger partial charge in [0, 0.05) is 17.3 Å². The molecule has 118 valence electrons. The number of halogens is 3. The Morgan fingerprint density at radius 1 is 1.00 bits per heavy atom. The van der Waals surface area contributed by atoms with Crippen molar-refractivity contribution in [1.29, 1.82) is 0 Å². The van der Waals surface area contributed by atoms with Gasteiger partial charge in [0.25, 0.3) is 0 Å².